The predicted molar refractivity (Wildman–Crippen MR) is 181 cm³/mol. The minimum Gasteiger partial charge on any atom is -0.456 e. The molecule has 0 atom stereocenters. The highest BCUT2D eigenvalue weighted by Crippen LogP contribution is 2.27. The molecular formula is C31H44N10O7S. The van der Waals surface area contributed by atoms with Crippen LogP contribution in [0, 0.1) is 6.92 Å². The van der Waals surface area contributed by atoms with Gasteiger partial charge in [0, 0.05) is 38.3 Å². The largest absolute Gasteiger partial charge is 0.456 e. The molecule has 0 bridgehead atoms. The number of aliphatic imine (C=N–C) groups is 1. The molecule has 1 spiro atoms. The van der Waals surface area contributed by atoms with Gasteiger partial charge in [0.1, 0.15) is 5.82 Å². The molecule has 0 unspecified atom stereocenters. The standard InChI is InChI=1S/C31H44N10O7S/c1-4-13-40(14-5-2)23(42)18-48-24(43)9-12-35-49(46,47)22-8-6-7-21(17-22)29(45)41-15-10-31(11-16-41)19-34-30(39-31)38-28(44)25-27(33)37-26(32)20(3)36-25/h6-8,17,35H,4-5,9-16,18-19H2,1-3H3,(H4,32,33,37)(H2,34,38,39,44). The van der Waals surface area contributed by atoms with Crippen LogP contribution in [0.5, 0.6) is 0 Å². The van der Waals surface area contributed by atoms with Gasteiger partial charge < -0.3 is 31.3 Å². The van der Waals surface area contributed by atoms with Crippen molar-refractivity contribution in [3.8, 4) is 0 Å². The van der Waals surface area contributed by atoms with Gasteiger partial charge in [-0.3, -0.25) is 29.5 Å². The lowest BCUT2D eigenvalue weighted by Gasteiger charge is -2.39. The number of amides is 3. The maximum absolute atomic E-state index is 13.4. The van der Waals surface area contributed by atoms with Crippen molar-refractivity contribution in [1.82, 2.24) is 35.1 Å². The zero-order valence-electron chi connectivity index (χ0n) is 28.0. The Morgan fingerprint density at radius 3 is 2.43 bits per heavy atom. The molecule has 3 amide bonds. The summed E-state index contributed by atoms with van der Waals surface area (Å²) in [5.74, 6) is -1.61. The van der Waals surface area contributed by atoms with Gasteiger partial charge in [-0.1, -0.05) is 19.9 Å². The number of hydrogen-bond acceptors (Lipinski definition) is 13. The molecule has 1 fully saturated rings. The summed E-state index contributed by atoms with van der Waals surface area (Å²) >= 11 is 0. The smallest absolute Gasteiger partial charge is 0.307 e. The van der Waals surface area contributed by atoms with Crippen molar-refractivity contribution in [3.05, 3.63) is 41.2 Å². The zero-order chi connectivity index (χ0) is 35.8. The van der Waals surface area contributed by atoms with Crippen LogP contribution >= 0.6 is 0 Å². The number of anilines is 2. The average Bonchev–Trinajstić information content (AvgIpc) is 3.46. The van der Waals surface area contributed by atoms with E-state index in [9.17, 15) is 27.6 Å². The molecule has 49 heavy (non-hydrogen) atoms. The first-order chi connectivity index (χ1) is 23.3. The Labute approximate surface area is 285 Å². The van der Waals surface area contributed by atoms with Crippen LogP contribution in [-0.4, -0.2) is 109 Å². The second-order valence-corrected chi connectivity index (χ2v) is 13.7. The molecular weight excluding hydrogens is 656 g/mol. The summed E-state index contributed by atoms with van der Waals surface area (Å²) in [5, 5.41) is 5.93. The fourth-order valence-corrected chi connectivity index (χ4v) is 6.57. The molecule has 7 N–H and O–H groups in total. The molecule has 1 aromatic heterocycles. The van der Waals surface area contributed by atoms with Crippen LogP contribution in [0.4, 0.5) is 11.6 Å². The van der Waals surface area contributed by atoms with Crippen LogP contribution in [0.25, 0.3) is 0 Å². The number of nitrogens with one attached hydrogen (secondary N) is 3. The van der Waals surface area contributed by atoms with E-state index in [4.69, 9.17) is 16.2 Å². The molecule has 1 saturated heterocycles. The molecule has 4 rings (SSSR count). The van der Waals surface area contributed by atoms with Gasteiger partial charge in [-0.05, 0) is 50.8 Å². The van der Waals surface area contributed by atoms with Crippen LogP contribution in [0.1, 0.15) is 72.5 Å². The number of esters is 1. The fourth-order valence-electron chi connectivity index (χ4n) is 5.49. The number of sulfonamides is 1. The highest BCUT2D eigenvalue weighted by molar-refractivity contribution is 7.89. The molecule has 0 saturated carbocycles. The maximum Gasteiger partial charge on any atom is 0.307 e. The number of aryl methyl sites for hydroxylation is 1. The van der Waals surface area contributed by atoms with Crippen LogP contribution in [0.2, 0.25) is 0 Å². The minimum absolute atomic E-state index is 0.0654. The van der Waals surface area contributed by atoms with Crippen LogP contribution < -0.4 is 26.8 Å². The van der Waals surface area contributed by atoms with Crippen molar-refractivity contribution in [2.45, 2.75) is 63.3 Å². The van der Waals surface area contributed by atoms with E-state index >= 15 is 0 Å². The Hall–Kier alpha value is -4.84. The minimum atomic E-state index is -4.05. The summed E-state index contributed by atoms with van der Waals surface area (Å²) < 4.78 is 33.3. The van der Waals surface area contributed by atoms with Crippen LogP contribution in [0.15, 0.2) is 34.2 Å². The third-order valence-corrected chi connectivity index (χ3v) is 9.68. The third kappa shape index (κ3) is 9.41. The Morgan fingerprint density at radius 1 is 1.06 bits per heavy atom. The van der Waals surface area contributed by atoms with Gasteiger partial charge in [0.05, 0.1) is 29.1 Å². The zero-order valence-corrected chi connectivity index (χ0v) is 28.8. The van der Waals surface area contributed by atoms with Gasteiger partial charge in [-0.25, -0.2) is 23.1 Å². The van der Waals surface area contributed by atoms with Crippen molar-refractivity contribution in [2.75, 3.05) is 57.3 Å². The summed E-state index contributed by atoms with van der Waals surface area (Å²) in [7, 11) is -4.05. The first kappa shape index (κ1) is 37.0. The number of nitrogen functional groups attached to an aromatic ring is 2. The molecule has 2 aliphatic rings. The number of nitrogens with two attached hydrogens (primary N) is 2. The lowest BCUT2D eigenvalue weighted by Crippen LogP contribution is -2.57. The van der Waals surface area contributed by atoms with Gasteiger partial charge in [-0.2, -0.15) is 0 Å². The Morgan fingerprint density at radius 2 is 1.76 bits per heavy atom. The van der Waals surface area contributed by atoms with Crippen LogP contribution in [0.3, 0.4) is 0 Å². The monoisotopic (exact) mass is 700 g/mol. The molecule has 1 aromatic carbocycles. The summed E-state index contributed by atoms with van der Waals surface area (Å²) in [6.45, 7) is 7.12. The number of ether oxygens (including phenoxy) is 1. The second kappa shape index (κ2) is 16.0. The number of carbonyl (C=O) groups is 4. The maximum atomic E-state index is 13.4. The van der Waals surface area contributed by atoms with E-state index in [0.29, 0.717) is 51.3 Å². The van der Waals surface area contributed by atoms with E-state index in [1.54, 1.807) is 22.8 Å². The lowest BCUT2D eigenvalue weighted by molar-refractivity contribution is -0.151. The number of rotatable bonds is 13. The number of hydrogen-bond donors (Lipinski definition) is 5. The topological polar surface area (TPSA) is 244 Å². The third-order valence-electron chi connectivity index (χ3n) is 8.22. The average molecular weight is 701 g/mol. The first-order valence-electron chi connectivity index (χ1n) is 16.1. The van der Waals surface area contributed by atoms with Crippen molar-refractivity contribution < 1.29 is 32.3 Å². The normalized spacial score (nSPS) is 15.3. The second-order valence-electron chi connectivity index (χ2n) is 12.0. The van der Waals surface area contributed by atoms with E-state index in [1.165, 1.54) is 18.2 Å². The molecule has 266 valence electrons. The summed E-state index contributed by atoms with van der Waals surface area (Å²) in [6, 6.07) is 5.67. The van der Waals surface area contributed by atoms with E-state index in [2.05, 4.69) is 30.3 Å². The highest BCUT2D eigenvalue weighted by Gasteiger charge is 2.40. The van der Waals surface area contributed by atoms with Crippen molar-refractivity contribution >= 4 is 51.3 Å². The molecule has 2 aliphatic heterocycles. The Balaban J connectivity index is 1.25. The van der Waals surface area contributed by atoms with Crippen molar-refractivity contribution in [1.29, 1.82) is 0 Å². The van der Waals surface area contributed by atoms with Gasteiger partial charge in [0.25, 0.3) is 17.7 Å². The first-order valence-corrected chi connectivity index (χ1v) is 17.6. The van der Waals surface area contributed by atoms with Gasteiger partial charge in [-0.15, -0.1) is 0 Å². The predicted octanol–water partition coefficient (Wildman–Crippen LogP) is 0.174. The molecule has 0 radical (unpaired) electrons. The number of likely N-dealkylation sites (tertiary alicyclic amines) is 1. The molecule has 0 aliphatic carbocycles. The van der Waals surface area contributed by atoms with Gasteiger partial charge >= 0.3 is 5.97 Å². The Kier molecular flexibility index (Phi) is 12.1. The number of benzene rings is 1. The van der Waals surface area contributed by atoms with Crippen molar-refractivity contribution in [2.24, 2.45) is 4.99 Å². The summed E-state index contributed by atoms with van der Waals surface area (Å²) in [5.41, 5.74) is 11.6. The SMILES string of the molecule is CCCN(CCC)C(=O)COC(=O)CCNS(=O)(=O)c1cccc(C(=O)N2CCC3(CC2)CN=C(NC(=O)c2nc(C)c(N)nc2N)N3)c1. The molecule has 3 heterocycles. The number of piperidine rings is 1. The van der Waals surface area contributed by atoms with Crippen LogP contribution in [-0.2, 0) is 24.3 Å². The van der Waals surface area contributed by atoms with E-state index in [-0.39, 0.29) is 58.5 Å². The van der Waals surface area contributed by atoms with E-state index < -0.39 is 34.0 Å². The van der Waals surface area contributed by atoms with E-state index in [1.807, 2.05) is 13.8 Å². The van der Waals surface area contributed by atoms with Gasteiger partial charge in [0.15, 0.2) is 24.1 Å². The molecule has 18 heteroatoms. The highest BCUT2D eigenvalue weighted by atomic mass is 32.2. The van der Waals surface area contributed by atoms with Crippen molar-refractivity contribution in [3.63, 3.8) is 0 Å². The summed E-state index contributed by atoms with van der Waals surface area (Å²) in [6.07, 6.45) is 2.35. The number of nitrogens with zero attached hydrogens (tertiary/aromatic N) is 5. The summed E-state index contributed by atoms with van der Waals surface area (Å²) in [4.78, 5) is 66.2. The number of aromatic nitrogens is 2. The quantitative estimate of drug-likeness (QED) is 0.176. The lowest BCUT2D eigenvalue weighted by atomic mass is 9.88. The number of carbonyl (C=O) groups excluding carboxylic acids is 4. The van der Waals surface area contributed by atoms with Gasteiger partial charge in [0.2, 0.25) is 10.0 Å². The van der Waals surface area contributed by atoms with E-state index in [0.717, 1.165) is 12.8 Å². The fraction of sp³-hybridized carbons (Fsp3) is 0.516. The molecule has 2 aromatic rings. The molecule has 17 nitrogen and oxygen atoms in total. The Bertz CT molecular complexity index is 1700. The number of guanidine groups is 1.